The van der Waals surface area contributed by atoms with E-state index in [2.05, 4.69) is 11.1 Å². The molecule has 0 heterocycles. The second-order valence-corrected chi connectivity index (χ2v) is 4.46. The minimum absolute atomic E-state index is 0.127. The SMILES string of the molecule is CCCCCCCCOS(=O)(=O)NO. The maximum absolute atomic E-state index is 10.6. The molecule has 0 bridgehead atoms. The van der Waals surface area contributed by atoms with Crippen molar-refractivity contribution in [3.63, 3.8) is 0 Å². The largest absolute Gasteiger partial charge is 0.358 e. The van der Waals surface area contributed by atoms with Gasteiger partial charge in [-0.3, -0.25) is 4.18 Å². The summed E-state index contributed by atoms with van der Waals surface area (Å²) in [5.41, 5.74) is 0. The highest BCUT2D eigenvalue weighted by Gasteiger charge is 2.06. The summed E-state index contributed by atoms with van der Waals surface area (Å²) in [7, 11) is -3.91. The Morgan fingerprint density at radius 3 is 2.29 bits per heavy atom. The first-order valence-corrected chi connectivity index (χ1v) is 6.33. The van der Waals surface area contributed by atoms with Crippen LogP contribution in [0.3, 0.4) is 0 Å². The molecule has 0 saturated heterocycles. The quantitative estimate of drug-likeness (QED) is 0.461. The fourth-order valence-electron chi connectivity index (χ4n) is 1.08. The monoisotopic (exact) mass is 225 g/mol. The van der Waals surface area contributed by atoms with Crippen LogP contribution in [-0.4, -0.2) is 20.2 Å². The Bertz CT molecular complexity index is 215. The van der Waals surface area contributed by atoms with Gasteiger partial charge in [-0.1, -0.05) is 43.9 Å². The van der Waals surface area contributed by atoms with Gasteiger partial charge >= 0.3 is 10.3 Å². The molecular weight excluding hydrogens is 206 g/mol. The van der Waals surface area contributed by atoms with Gasteiger partial charge in [0.05, 0.1) is 6.61 Å². The molecule has 0 rings (SSSR count). The van der Waals surface area contributed by atoms with Crippen molar-refractivity contribution in [3.8, 4) is 0 Å². The molecule has 0 fully saturated rings. The van der Waals surface area contributed by atoms with Crippen molar-refractivity contribution < 1.29 is 17.8 Å². The van der Waals surface area contributed by atoms with E-state index in [0.717, 1.165) is 17.7 Å². The molecule has 0 amide bonds. The second kappa shape index (κ2) is 8.16. The molecule has 0 aromatic heterocycles. The summed E-state index contributed by atoms with van der Waals surface area (Å²) < 4.78 is 25.5. The minimum atomic E-state index is -3.91. The van der Waals surface area contributed by atoms with Crippen molar-refractivity contribution in [1.82, 2.24) is 4.89 Å². The van der Waals surface area contributed by atoms with E-state index in [0.29, 0.717) is 6.42 Å². The van der Waals surface area contributed by atoms with Crippen LogP contribution in [0, 0.1) is 0 Å². The lowest BCUT2D eigenvalue weighted by Crippen LogP contribution is -2.22. The molecule has 0 saturated carbocycles. The summed E-state index contributed by atoms with van der Waals surface area (Å²) in [5.74, 6) is 0. The molecule has 0 spiro atoms. The van der Waals surface area contributed by atoms with Gasteiger partial charge in [-0.2, -0.15) is 8.42 Å². The lowest BCUT2D eigenvalue weighted by Gasteiger charge is -2.02. The zero-order chi connectivity index (χ0) is 10.9. The molecule has 0 aliphatic heterocycles. The first kappa shape index (κ1) is 13.8. The highest BCUT2D eigenvalue weighted by molar-refractivity contribution is 7.84. The fraction of sp³-hybridized carbons (Fsp3) is 1.00. The first-order valence-electron chi connectivity index (χ1n) is 4.92. The average Bonchev–Trinajstić information content (AvgIpc) is 2.16. The van der Waals surface area contributed by atoms with Crippen LogP contribution in [-0.2, 0) is 14.5 Å². The van der Waals surface area contributed by atoms with Crippen molar-refractivity contribution >= 4 is 10.3 Å². The molecule has 0 atom stereocenters. The molecule has 0 unspecified atom stereocenters. The van der Waals surface area contributed by atoms with Crippen molar-refractivity contribution in [2.45, 2.75) is 45.4 Å². The Labute approximate surface area is 85.7 Å². The summed E-state index contributed by atoms with van der Waals surface area (Å²) in [6.07, 6.45) is 6.35. The van der Waals surface area contributed by atoms with E-state index >= 15 is 0 Å². The van der Waals surface area contributed by atoms with Gasteiger partial charge in [0.2, 0.25) is 0 Å². The van der Waals surface area contributed by atoms with Crippen molar-refractivity contribution in [2.24, 2.45) is 0 Å². The minimum Gasteiger partial charge on any atom is -0.300 e. The smallest absolute Gasteiger partial charge is 0.300 e. The molecule has 0 aliphatic rings. The molecule has 0 aromatic carbocycles. The summed E-state index contributed by atoms with van der Waals surface area (Å²) in [6, 6.07) is 0. The van der Waals surface area contributed by atoms with Gasteiger partial charge in [0, 0.05) is 0 Å². The Hall–Kier alpha value is -0.170. The van der Waals surface area contributed by atoms with Crippen molar-refractivity contribution in [1.29, 1.82) is 0 Å². The van der Waals surface area contributed by atoms with Crippen molar-refractivity contribution in [2.75, 3.05) is 6.61 Å². The summed E-state index contributed by atoms with van der Waals surface area (Å²) >= 11 is 0. The first-order chi connectivity index (χ1) is 6.62. The van der Waals surface area contributed by atoms with Crippen LogP contribution < -0.4 is 4.89 Å². The Morgan fingerprint density at radius 1 is 1.14 bits per heavy atom. The van der Waals surface area contributed by atoms with E-state index in [-0.39, 0.29) is 6.61 Å². The van der Waals surface area contributed by atoms with Gasteiger partial charge in [0.15, 0.2) is 0 Å². The van der Waals surface area contributed by atoms with Crippen LogP contribution in [0.2, 0.25) is 0 Å². The fourth-order valence-corrected chi connectivity index (χ4v) is 1.47. The lowest BCUT2D eigenvalue weighted by molar-refractivity contribution is 0.202. The van der Waals surface area contributed by atoms with Crippen LogP contribution in [0.1, 0.15) is 45.4 Å². The second-order valence-electron chi connectivity index (χ2n) is 3.14. The number of unbranched alkanes of at least 4 members (excludes halogenated alkanes) is 5. The van der Waals surface area contributed by atoms with Crippen LogP contribution in [0.25, 0.3) is 0 Å². The molecule has 5 nitrogen and oxygen atoms in total. The van der Waals surface area contributed by atoms with Gasteiger partial charge in [0.25, 0.3) is 0 Å². The molecule has 86 valence electrons. The number of hydrogen-bond acceptors (Lipinski definition) is 4. The zero-order valence-electron chi connectivity index (χ0n) is 8.53. The molecule has 0 aromatic rings. The third-order valence-corrected chi connectivity index (χ3v) is 2.55. The van der Waals surface area contributed by atoms with Gasteiger partial charge in [-0.25, -0.2) is 0 Å². The van der Waals surface area contributed by atoms with Crippen molar-refractivity contribution in [3.05, 3.63) is 0 Å². The topological polar surface area (TPSA) is 75.6 Å². The van der Waals surface area contributed by atoms with Crippen LogP contribution in [0.4, 0.5) is 0 Å². The molecular formula is C8H19NO4S. The van der Waals surface area contributed by atoms with Gasteiger partial charge < -0.3 is 5.21 Å². The Morgan fingerprint density at radius 2 is 1.71 bits per heavy atom. The highest BCUT2D eigenvalue weighted by atomic mass is 32.2. The standard InChI is InChI=1S/C8H19NO4S/c1-2-3-4-5-6-7-8-13-14(11,12)9-10/h9-10H,2-8H2,1H3. The van der Waals surface area contributed by atoms with Gasteiger partial charge in [0.1, 0.15) is 0 Å². The molecule has 0 radical (unpaired) electrons. The van der Waals surface area contributed by atoms with Crippen LogP contribution >= 0.6 is 0 Å². The normalized spacial score (nSPS) is 11.9. The van der Waals surface area contributed by atoms with Crippen LogP contribution in [0.5, 0.6) is 0 Å². The van der Waals surface area contributed by atoms with E-state index in [4.69, 9.17) is 5.21 Å². The van der Waals surface area contributed by atoms with E-state index in [9.17, 15) is 8.42 Å². The summed E-state index contributed by atoms with van der Waals surface area (Å²) in [6.45, 7) is 2.27. The maximum atomic E-state index is 10.6. The molecule has 0 aliphatic carbocycles. The van der Waals surface area contributed by atoms with Gasteiger partial charge in [-0.15, -0.1) is 0 Å². The van der Waals surface area contributed by atoms with Gasteiger partial charge in [-0.05, 0) is 6.42 Å². The number of rotatable bonds is 9. The third kappa shape index (κ3) is 8.43. The molecule has 14 heavy (non-hydrogen) atoms. The lowest BCUT2D eigenvalue weighted by atomic mass is 10.1. The van der Waals surface area contributed by atoms with E-state index in [1.165, 1.54) is 19.3 Å². The van der Waals surface area contributed by atoms with E-state index < -0.39 is 10.3 Å². The predicted octanol–water partition coefficient (Wildman–Crippen LogP) is 1.59. The van der Waals surface area contributed by atoms with Crippen LogP contribution in [0.15, 0.2) is 0 Å². The maximum Gasteiger partial charge on any atom is 0.358 e. The van der Waals surface area contributed by atoms with E-state index in [1.54, 1.807) is 0 Å². The zero-order valence-corrected chi connectivity index (χ0v) is 9.35. The average molecular weight is 225 g/mol. The number of hydrogen-bond donors (Lipinski definition) is 2. The predicted molar refractivity (Wildman–Crippen MR) is 53.2 cm³/mol. The van der Waals surface area contributed by atoms with E-state index in [1.807, 2.05) is 0 Å². The molecule has 2 N–H and O–H groups in total. The molecule has 6 heteroatoms. The highest BCUT2D eigenvalue weighted by Crippen LogP contribution is 2.05. The third-order valence-electron chi connectivity index (χ3n) is 1.85. The summed E-state index contributed by atoms with van der Waals surface area (Å²) in [4.78, 5) is 1.10. The summed E-state index contributed by atoms with van der Waals surface area (Å²) in [5, 5.41) is 8.10. The number of nitrogens with one attached hydrogen (secondary N) is 1. The Kier molecular flexibility index (Phi) is 8.07. The Balaban J connectivity index is 3.22.